The van der Waals surface area contributed by atoms with Crippen molar-refractivity contribution in [3.63, 3.8) is 0 Å². The molecule has 3 N–H and O–H groups in total. The van der Waals surface area contributed by atoms with Gasteiger partial charge < -0.3 is 25.0 Å². The smallest absolute Gasteiger partial charge is 0.423 e. The number of anilines is 3. The standard InChI is InChI=1S/C19H19BF3N5O3/c1-10-7-25-18(28-17(10)27-15-9-30-3-2-11(15)6-24)26-13-4-12-8-31-20(29)16(12)14(5-13)19(21,22)23/h4-5,7,11,15,29H,2-3,8-9H2,1H3,(H2,25,26,27,28)/t11-,15?/m1/s1. The number of benzene rings is 1. The lowest BCUT2D eigenvalue weighted by Gasteiger charge is -2.28. The van der Waals surface area contributed by atoms with Crippen molar-refractivity contribution in [3.05, 3.63) is 35.0 Å². The summed E-state index contributed by atoms with van der Waals surface area (Å²) in [6, 6.07) is 4.37. The normalized spacial score (nSPS) is 20.8. The molecule has 2 aromatic rings. The van der Waals surface area contributed by atoms with Crippen molar-refractivity contribution in [1.29, 1.82) is 5.26 Å². The van der Waals surface area contributed by atoms with Gasteiger partial charge >= 0.3 is 13.3 Å². The molecule has 3 heterocycles. The molecule has 1 aromatic heterocycles. The third-order valence-corrected chi connectivity index (χ3v) is 5.29. The van der Waals surface area contributed by atoms with E-state index in [1.807, 2.05) is 0 Å². The van der Waals surface area contributed by atoms with E-state index in [4.69, 9.17) is 9.39 Å². The molecule has 8 nitrogen and oxygen atoms in total. The van der Waals surface area contributed by atoms with E-state index in [1.54, 1.807) is 6.92 Å². The molecular formula is C19H19BF3N5O3. The van der Waals surface area contributed by atoms with Gasteiger partial charge in [0.1, 0.15) is 5.82 Å². The van der Waals surface area contributed by atoms with Gasteiger partial charge in [0.15, 0.2) is 0 Å². The molecule has 1 fully saturated rings. The van der Waals surface area contributed by atoms with E-state index in [9.17, 15) is 23.5 Å². The number of nitriles is 1. The van der Waals surface area contributed by atoms with Crippen LogP contribution in [0.4, 0.5) is 30.6 Å². The summed E-state index contributed by atoms with van der Waals surface area (Å²) in [5, 5.41) is 25.1. The molecule has 0 spiro atoms. The Hall–Kier alpha value is -2.88. The van der Waals surface area contributed by atoms with Crippen LogP contribution in [0.5, 0.6) is 0 Å². The summed E-state index contributed by atoms with van der Waals surface area (Å²) in [5.41, 5.74) is -0.167. The Morgan fingerprint density at radius 3 is 2.90 bits per heavy atom. The summed E-state index contributed by atoms with van der Waals surface area (Å²) < 4.78 is 50.9. The first-order valence-electron chi connectivity index (χ1n) is 9.64. The highest BCUT2D eigenvalue weighted by molar-refractivity contribution is 6.62. The number of nitrogens with zero attached hydrogens (tertiary/aromatic N) is 3. The Balaban J connectivity index is 1.61. The number of hydrogen-bond acceptors (Lipinski definition) is 8. The number of aromatic nitrogens is 2. The second-order valence-electron chi connectivity index (χ2n) is 7.46. The van der Waals surface area contributed by atoms with Crippen LogP contribution in [0.2, 0.25) is 0 Å². The van der Waals surface area contributed by atoms with Crippen molar-refractivity contribution < 1.29 is 27.6 Å². The van der Waals surface area contributed by atoms with Gasteiger partial charge in [-0.25, -0.2) is 4.98 Å². The lowest BCUT2D eigenvalue weighted by molar-refractivity contribution is -0.136. The Bertz CT molecular complexity index is 1030. The molecule has 31 heavy (non-hydrogen) atoms. The minimum Gasteiger partial charge on any atom is -0.423 e. The SMILES string of the molecule is Cc1cnc(Nc2cc3c(c(C(F)(F)F)c2)B(O)OC3)nc1NC1COCC[C@@H]1C#N. The average molecular weight is 433 g/mol. The molecule has 0 radical (unpaired) electrons. The maximum Gasteiger partial charge on any atom is 0.492 e. The maximum atomic E-state index is 13.5. The van der Waals surface area contributed by atoms with E-state index in [0.29, 0.717) is 31.0 Å². The quantitative estimate of drug-likeness (QED) is 0.629. The monoisotopic (exact) mass is 433 g/mol. The number of aryl methyl sites for hydroxylation is 1. The molecule has 1 unspecified atom stereocenters. The van der Waals surface area contributed by atoms with Crippen LogP contribution in [0.25, 0.3) is 0 Å². The molecule has 4 rings (SSSR count). The van der Waals surface area contributed by atoms with Crippen molar-refractivity contribution in [1.82, 2.24) is 9.97 Å². The Morgan fingerprint density at radius 2 is 2.16 bits per heavy atom. The number of rotatable bonds is 4. The minimum absolute atomic E-state index is 0.0888. The fourth-order valence-corrected chi connectivity index (χ4v) is 3.67. The predicted molar refractivity (Wildman–Crippen MR) is 106 cm³/mol. The summed E-state index contributed by atoms with van der Waals surface area (Å²) in [5.74, 6) is 0.312. The second-order valence-corrected chi connectivity index (χ2v) is 7.46. The lowest BCUT2D eigenvalue weighted by Crippen LogP contribution is -2.38. The molecule has 0 bridgehead atoms. The van der Waals surface area contributed by atoms with Crippen LogP contribution >= 0.6 is 0 Å². The van der Waals surface area contributed by atoms with Crippen LogP contribution in [0.1, 0.15) is 23.1 Å². The number of hydrogen-bond donors (Lipinski definition) is 3. The fourth-order valence-electron chi connectivity index (χ4n) is 3.67. The summed E-state index contributed by atoms with van der Waals surface area (Å²) >= 11 is 0. The first kappa shape index (κ1) is 21.4. The van der Waals surface area contributed by atoms with E-state index >= 15 is 0 Å². The number of ether oxygens (including phenoxy) is 1. The van der Waals surface area contributed by atoms with Gasteiger partial charge in [-0.15, -0.1) is 0 Å². The van der Waals surface area contributed by atoms with Gasteiger partial charge in [-0.05, 0) is 31.0 Å². The molecule has 162 valence electrons. The van der Waals surface area contributed by atoms with Crippen LogP contribution in [-0.2, 0) is 22.2 Å². The molecular weight excluding hydrogens is 414 g/mol. The van der Waals surface area contributed by atoms with Crippen LogP contribution in [0.3, 0.4) is 0 Å². The highest BCUT2D eigenvalue weighted by Crippen LogP contribution is 2.33. The topological polar surface area (TPSA) is 112 Å². The number of alkyl halides is 3. The van der Waals surface area contributed by atoms with Gasteiger partial charge in [-0.3, -0.25) is 0 Å². The third-order valence-electron chi connectivity index (χ3n) is 5.29. The average Bonchev–Trinajstić information content (AvgIpc) is 3.10. The van der Waals surface area contributed by atoms with Crippen LogP contribution in [0.15, 0.2) is 18.3 Å². The predicted octanol–water partition coefficient (Wildman–Crippen LogP) is 2.11. The lowest BCUT2D eigenvalue weighted by atomic mass is 9.75. The van der Waals surface area contributed by atoms with E-state index in [0.717, 1.165) is 6.07 Å². The summed E-state index contributed by atoms with van der Waals surface area (Å²) in [7, 11) is -1.61. The Kier molecular flexibility index (Phi) is 5.74. The van der Waals surface area contributed by atoms with Gasteiger partial charge in [0.25, 0.3) is 0 Å². The fraction of sp³-hybridized carbons (Fsp3) is 0.421. The molecule has 2 aliphatic heterocycles. The minimum atomic E-state index is -4.66. The zero-order chi connectivity index (χ0) is 22.2. The molecule has 1 aromatic carbocycles. The summed E-state index contributed by atoms with van der Waals surface area (Å²) in [6.45, 7) is 2.53. The molecule has 1 saturated heterocycles. The molecule has 12 heteroatoms. The van der Waals surface area contributed by atoms with Gasteiger partial charge in [0, 0.05) is 29.5 Å². The van der Waals surface area contributed by atoms with Crippen LogP contribution in [0, 0.1) is 24.2 Å². The second kappa shape index (κ2) is 8.34. The highest BCUT2D eigenvalue weighted by Gasteiger charge is 2.41. The number of nitrogens with one attached hydrogen (secondary N) is 2. The van der Waals surface area contributed by atoms with Crippen molar-refractivity contribution >= 4 is 30.0 Å². The van der Waals surface area contributed by atoms with Crippen LogP contribution < -0.4 is 16.1 Å². The third kappa shape index (κ3) is 4.44. The highest BCUT2D eigenvalue weighted by atomic mass is 19.4. The first-order valence-corrected chi connectivity index (χ1v) is 9.64. The van der Waals surface area contributed by atoms with Crippen molar-refractivity contribution in [3.8, 4) is 6.07 Å². The van der Waals surface area contributed by atoms with E-state index in [2.05, 4.69) is 26.7 Å². The van der Waals surface area contributed by atoms with Gasteiger partial charge in [-0.2, -0.15) is 23.4 Å². The number of fused-ring (bicyclic) bond motifs is 1. The van der Waals surface area contributed by atoms with E-state index in [1.165, 1.54) is 12.3 Å². The first-order chi connectivity index (χ1) is 14.8. The van der Waals surface area contributed by atoms with E-state index < -0.39 is 18.9 Å². The summed E-state index contributed by atoms with van der Waals surface area (Å²) in [4.78, 5) is 8.52. The molecule has 0 aliphatic carbocycles. The van der Waals surface area contributed by atoms with Crippen molar-refractivity contribution in [2.45, 2.75) is 32.2 Å². The Morgan fingerprint density at radius 1 is 1.35 bits per heavy atom. The maximum absolute atomic E-state index is 13.5. The molecule has 0 amide bonds. The zero-order valence-corrected chi connectivity index (χ0v) is 16.5. The van der Waals surface area contributed by atoms with Crippen molar-refractivity contribution in [2.24, 2.45) is 5.92 Å². The number of halogens is 3. The van der Waals surface area contributed by atoms with Gasteiger partial charge in [-0.1, -0.05) is 0 Å². The molecule has 2 atom stereocenters. The zero-order valence-electron chi connectivity index (χ0n) is 16.5. The van der Waals surface area contributed by atoms with Crippen LogP contribution in [-0.4, -0.2) is 41.4 Å². The summed E-state index contributed by atoms with van der Waals surface area (Å²) in [6.07, 6.45) is -2.52. The molecule has 0 saturated carbocycles. The largest absolute Gasteiger partial charge is 0.492 e. The van der Waals surface area contributed by atoms with Gasteiger partial charge in [0.2, 0.25) is 5.95 Å². The molecule has 2 aliphatic rings. The van der Waals surface area contributed by atoms with E-state index in [-0.39, 0.29) is 41.2 Å². The Labute approximate surface area is 176 Å². The van der Waals surface area contributed by atoms with Gasteiger partial charge in [0.05, 0.1) is 36.8 Å². The van der Waals surface area contributed by atoms with Crippen molar-refractivity contribution in [2.75, 3.05) is 23.8 Å².